The quantitative estimate of drug-likeness (QED) is 0.137. The minimum atomic E-state index is 0.448. The van der Waals surface area contributed by atoms with Crippen LogP contribution in [0.3, 0.4) is 0 Å². The second-order valence-corrected chi connectivity index (χ2v) is 12.4. The number of rotatable bonds is 11. The summed E-state index contributed by atoms with van der Waals surface area (Å²) >= 11 is 0. The van der Waals surface area contributed by atoms with Crippen LogP contribution in [0.2, 0.25) is 0 Å². The first-order chi connectivity index (χ1) is 26.0. The number of benzene rings is 4. The van der Waals surface area contributed by atoms with E-state index in [1.165, 1.54) is 33.4 Å². The van der Waals surface area contributed by atoms with Crippen molar-refractivity contribution in [2.75, 3.05) is 6.54 Å². The van der Waals surface area contributed by atoms with Gasteiger partial charge in [0.1, 0.15) is 0 Å². The molecule has 268 valence electrons. The van der Waals surface area contributed by atoms with Gasteiger partial charge in [0.15, 0.2) is 0 Å². The number of hydrogen-bond acceptors (Lipinski definition) is 1. The summed E-state index contributed by atoms with van der Waals surface area (Å²) in [6, 6.07) is 56.6. The highest BCUT2D eigenvalue weighted by Crippen LogP contribution is 2.19. The summed E-state index contributed by atoms with van der Waals surface area (Å²) in [6.07, 6.45) is 21.4. The van der Waals surface area contributed by atoms with Crippen molar-refractivity contribution in [3.8, 4) is 11.1 Å². The zero-order valence-electron chi connectivity index (χ0n) is 31.6. The Morgan fingerprint density at radius 1 is 0.566 bits per heavy atom. The Morgan fingerprint density at radius 2 is 1.09 bits per heavy atom. The molecular weight excluding hydrogens is 639 g/mol. The Hall–Kier alpha value is -6.02. The number of allylic oxidation sites excluding steroid dienone is 10. The molecule has 0 aliphatic heterocycles. The Bertz CT molecular complexity index is 1960. The van der Waals surface area contributed by atoms with Gasteiger partial charge in [-0.05, 0) is 59.6 Å². The molecule has 0 saturated carbocycles. The monoisotopic (exact) mass is 693 g/mol. The molecule has 0 fully saturated rings. The van der Waals surface area contributed by atoms with Gasteiger partial charge in [-0.15, -0.1) is 0 Å². The summed E-state index contributed by atoms with van der Waals surface area (Å²) in [4.78, 5) is 0. The van der Waals surface area contributed by atoms with Crippen LogP contribution in [-0.4, -0.2) is 6.54 Å². The zero-order chi connectivity index (χ0) is 37.8. The summed E-state index contributed by atoms with van der Waals surface area (Å²) < 4.78 is 0. The van der Waals surface area contributed by atoms with Crippen LogP contribution in [0.4, 0.5) is 0 Å². The standard InChI is InChI=1S/C30H28.C15H19N.C7H8/c1-3-27(17-11-10-15-26-16-12-14-25(2)24-26)28-18-6-4-9-21-30(23-13-22-28)29-19-7-5-8-20-29;1-14(15-11-7-5-8-12-15)10-6-3-2-4-9-13-16;1-7-5-3-2-4-6-7/h3-14,16-24H,1,15H2,2H3;2-12,14H,13,16H2,1H3;2-6H,1H3/b6-4?,9-4?,11-10-,18-6?,21-9?,22-13?,23-13?,27-17+,28-18?,28-22?,30-21?,30-23?;3-2-,9-4-,10-6+;. The predicted octanol–water partition coefficient (Wildman–Crippen LogP) is 13.6. The maximum Gasteiger partial charge on any atom is 0.0109 e. The Kier molecular flexibility index (Phi) is 20.2. The first-order valence-corrected chi connectivity index (χ1v) is 18.3. The predicted molar refractivity (Wildman–Crippen MR) is 234 cm³/mol. The minimum absolute atomic E-state index is 0.448. The average molecular weight is 694 g/mol. The maximum atomic E-state index is 5.33. The van der Waals surface area contributed by atoms with Crippen molar-refractivity contribution >= 4 is 5.57 Å². The average Bonchev–Trinajstić information content (AvgIpc) is 3.19. The molecule has 0 saturated heterocycles. The summed E-state index contributed by atoms with van der Waals surface area (Å²) in [5.41, 5.74) is 15.2. The van der Waals surface area contributed by atoms with E-state index in [0.29, 0.717) is 12.5 Å². The number of nitrogens with two attached hydrogens (primary N) is 1. The molecule has 1 unspecified atom stereocenters. The third-order valence-corrected chi connectivity index (χ3v) is 8.10. The van der Waals surface area contributed by atoms with Crippen molar-refractivity contribution in [2.45, 2.75) is 33.1 Å². The van der Waals surface area contributed by atoms with Crippen molar-refractivity contribution in [2.24, 2.45) is 5.73 Å². The van der Waals surface area contributed by atoms with Gasteiger partial charge in [-0.3, -0.25) is 0 Å². The van der Waals surface area contributed by atoms with Crippen molar-refractivity contribution in [3.63, 3.8) is 0 Å². The molecule has 0 radical (unpaired) electrons. The summed E-state index contributed by atoms with van der Waals surface area (Å²) in [5, 5.41) is 0. The van der Waals surface area contributed by atoms with Crippen LogP contribution in [-0.2, 0) is 6.42 Å². The second kappa shape index (κ2) is 25.9. The molecule has 0 spiro atoms. The normalized spacial score (nSPS) is 11.7. The highest BCUT2D eigenvalue weighted by molar-refractivity contribution is 5.74. The molecule has 5 aromatic carbocycles. The summed E-state index contributed by atoms with van der Waals surface area (Å²) in [6.45, 7) is 11.0. The number of hydrogen-bond donors (Lipinski definition) is 1. The van der Waals surface area contributed by atoms with Crippen LogP contribution < -0.4 is 5.73 Å². The fourth-order valence-electron chi connectivity index (χ4n) is 5.18. The molecule has 0 aliphatic carbocycles. The fraction of sp³-hybridized carbons (Fsp3) is 0.115. The SMILES string of the molecule is C=C/C(=C\C=C/Cc1cccc(C)c1)c1cccccc(-c2ccccc2)ccc1.CC(/C=C/C=C\C=C/CN)c1ccccc1.Cc1ccccc1. The van der Waals surface area contributed by atoms with E-state index >= 15 is 0 Å². The van der Waals surface area contributed by atoms with Crippen LogP contribution in [0.25, 0.3) is 16.7 Å². The summed E-state index contributed by atoms with van der Waals surface area (Å²) in [7, 11) is 0. The van der Waals surface area contributed by atoms with E-state index in [9.17, 15) is 0 Å². The van der Waals surface area contributed by atoms with Crippen LogP contribution in [0.5, 0.6) is 0 Å². The first kappa shape index (κ1) is 41.4. The van der Waals surface area contributed by atoms with Gasteiger partial charge < -0.3 is 5.73 Å². The van der Waals surface area contributed by atoms with Crippen LogP contribution in [0.1, 0.15) is 40.7 Å². The Balaban J connectivity index is 0.000000272. The van der Waals surface area contributed by atoms with Gasteiger partial charge in [-0.2, -0.15) is 0 Å². The van der Waals surface area contributed by atoms with E-state index in [4.69, 9.17) is 5.73 Å². The molecule has 1 atom stereocenters. The molecule has 0 bridgehead atoms. The number of aryl methyl sites for hydroxylation is 2. The lowest BCUT2D eigenvalue weighted by Gasteiger charge is -2.04. The molecule has 0 amide bonds. The van der Waals surface area contributed by atoms with Gasteiger partial charge in [0.05, 0.1) is 0 Å². The van der Waals surface area contributed by atoms with Crippen molar-refractivity contribution < 1.29 is 0 Å². The van der Waals surface area contributed by atoms with E-state index in [1.54, 1.807) is 0 Å². The van der Waals surface area contributed by atoms with Crippen LogP contribution in [0, 0.1) is 13.8 Å². The van der Waals surface area contributed by atoms with Crippen molar-refractivity contribution in [1.82, 2.24) is 0 Å². The van der Waals surface area contributed by atoms with Crippen molar-refractivity contribution in [1.29, 1.82) is 0 Å². The van der Waals surface area contributed by atoms with Gasteiger partial charge >= 0.3 is 0 Å². The topological polar surface area (TPSA) is 26.0 Å². The molecular formula is C52H55N. The Morgan fingerprint density at radius 3 is 1.68 bits per heavy atom. The molecule has 1 nitrogen and oxygen atoms in total. The van der Waals surface area contributed by atoms with E-state index in [2.05, 4.69) is 191 Å². The molecule has 1 heteroatoms. The Labute approximate surface area is 319 Å². The molecule has 53 heavy (non-hydrogen) atoms. The van der Waals surface area contributed by atoms with Gasteiger partial charge in [-0.1, -0.05) is 249 Å². The maximum absolute atomic E-state index is 5.33. The lowest BCUT2D eigenvalue weighted by molar-refractivity contribution is 0.968. The molecule has 0 heterocycles. The first-order valence-electron chi connectivity index (χ1n) is 18.3. The molecule has 0 aromatic heterocycles. The van der Waals surface area contributed by atoms with Crippen molar-refractivity contribution in [3.05, 3.63) is 259 Å². The second-order valence-electron chi connectivity index (χ2n) is 12.4. The van der Waals surface area contributed by atoms with Gasteiger partial charge in [0.2, 0.25) is 0 Å². The van der Waals surface area contributed by atoms with E-state index in [-0.39, 0.29) is 0 Å². The van der Waals surface area contributed by atoms with E-state index < -0.39 is 0 Å². The highest BCUT2D eigenvalue weighted by Gasteiger charge is 1.98. The molecule has 5 aromatic rings. The van der Waals surface area contributed by atoms with E-state index in [1.807, 2.05) is 60.7 Å². The van der Waals surface area contributed by atoms with E-state index in [0.717, 1.165) is 17.6 Å². The third kappa shape index (κ3) is 17.7. The van der Waals surface area contributed by atoms with Gasteiger partial charge in [0.25, 0.3) is 0 Å². The van der Waals surface area contributed by atoms with Gasteiger partial charge in [-0.25, -0.2) is 0 Å². The summed E-state index contributed by atoms with van der Waals surface area (Å²) in [5.74, 6) is 0.448. The van der Waals surface area contributed by atoms with Crippen LogP contribution >= 0.6 is 0 Å². The molecule has 5 rings (SSSR count). The molecule has 0 aliphatic rings. The lowest BCUT2D eigenvalue weighted by atomic mass is 10.0. The zero-order valence-corrected chi connectivity index (χ0v) is 31.6. The molecule has 2 N–H and O–H groups in total. The highest BCUT2D eigenvalue weighted by atomic mass is 14.5. The largest absolute Gasteiger partial charge is 0.327 e. The lowest BCUT2D eigenvalue weighted by Crippen LogP contribution is -1.91. The van der Waals surface area contributed by atoms with Gasteiger partial charge in [0, 0.05) is 6.54 Å². The minimum Gasteiger partial charge on any atom is -0.327 e. The van der Waals surface area contributed by atoms with Crippen LogP contribution in [0.15, 0.2) is 231 Å². The third-order valence-electron chi connectivity index (χ3n) is 8.10. The smallest absolute Gasteiger partial charge is 0.0109 e. The fourth-order valence-corrected chi connectivity index (χ4v) is 5.18.